The van der Waals surface area contributed by atoms with Crippen LogP contribution in [0.2, 0.25) is 8.67 Å². The Balaban J connectivity index is 1.98. The van der Waals surface area contributed by atoms with Crippen molar-refractivity contribution < 1.29 is 9.53 Å². The van der Waals surface area contributed by atoms with Crippen molar-refractivity contribution in [2.24, 2.45) is 0 Å². The molecule has 0 aliphatic heterocycles. The lowest BCUT2D eigenvalue weighted by molar-refractivity contribution is 0.0922. The van der Waals surface area contributed by atoms with Crippen molar-refractivity contribution >= 4 is 40.3 Å². The Hall–Kier alpha value is -1.03. The first-order valence-corrected chi connectivity index (χ1v) is 7.75. The Bertz CT molecular complexity index is 603. The summed E-state index contributed by atoms with van der Waals surface area (Å²) in [5, 5.41) is 0. The molecule has 0 N–H and O–H groups in total. The summed E-state index contributed by atoms with van der Waals surface area (Å²) in [5.41, 5.74) is 1.65. The van der Waals surface area contributed by atoms with Crippen LogP contribution >= 0.6 is 34.5 Å². The van der Waals surface area contributed by atoms with Gasteiger partial charge in [0.15, 0.2) is 6.61 Å². The van der Waals surface area contributed by atoms with Gasteiger partial charge in [0.2, 0.25) is 5.78 Å². The van der Waals surface area contributed by atoms with Crippen LogP contribution in [0.15, 0.2) is 30.3 Å². The number of halogens is 2. The van der Waals surface area contributed by atoms with E-state index in [1.54, 1.807) is 6.07 Å². The molecule has 1 heterocycles. The molecule has 0 unspecified atom stereocenters. The fourth-order valence-corrected chi connectivity index (χ4v) is 3.20. The van der Waals surface area contributed by atoms with E-state index in [0.29, 0.717) is 25.9 Å². The molecule has 0 fully saturated rings. The van der Waals surface area contributed by atoms with Crippen LogP contribution in [-0.2, 0) is 0 Å². The molecule has 0 atom stereocenters. The summed E-state index contributed by atoms with van der Waals surface area (Å²) in [6, 6.07) is 9.30. The maximum Gasteiger partial charge on any atom is 0.202 e. The highest BCUT2D eigenvalue weighted by Crippen LogP contribution is 2.31. The molecule has 0 amide bonds. The molecule has 0 saturated heterocycles. The number of Topliss-reactive ketones (excluding diaryl/α,β-unsaturated/α-hetero) is 1. The van der Waals surface area contributed by atoms with Crippen LogP contribution in [0.1, 0.15) is 35.7 Å². The van der Waals surface area contributed by atoms with Gasteiger partial charge in [-0.05, 0) is 29.7 Å². The third kappa shape index (κ3) is 3.75. The third-order valence-electron chi connectivity index (χ3n) is 2.87. The highest BCUT2D eigenvalue weighted by molar-refractivity contribution is 7.20. The van der Waals surface area contributed by atoms with Crippen molar-refractivity contribution in [3.8, 4) is 5.75 Å². The first kappa shape index (κ1) is 15.4. The maximum absolute atomic E-state index is 12.0. The fourth-order valence-electron chi connectivity index (χ4n) is 1.71. The van der Waals surface area contributed by atoms with Gasteiger partial charge in [0.1, 0.15) is 10.1 Å². The SMILES string of the molecule is CC(C)c1ccc(OCC(=O)c2cc(Cl)sc2Cl)cc1. The Morgan fingerprint density at radius 3 is 2.40 bits per heavy atom. The van der Waals surface area contributed by atoms with Crippen LogP contribution < -0.4 is 4.74 Å². The number of hydrogen-bond acceptors (Lipinski definition) is 3. The van der Waals surface area contributed by atoms with E-state index in [4.69, 9.17) is 27.9 Å². The molecular formula is C15H14Cl2O2S. The lowest BCUT2D eigenvalue weighted by atomic mass is 10.0. The third-order valence-corrected chi connectivity index (χ3v) is 4.36. The van der Waals surface area contributed by atoms with Gasteiger partial charge in [-0.1, -0.05) is 49.2 Å². The average molecular weight is 329 g/mol. The molecule has 1 aromatic heterocycles. The van der Waals surface area contributed by atoms with E-state index in [0.717, 1.165) is 0 Å². The van der Waals surface area contributed by atoms with E-state index in [9.17, 15) is 4.79 Å². The summed E-state index contributed by atoms with van der Waals surface area (Å²) >= 11 is 12.9. The Morgan fingerprint density at radius 2 is 1.90 bits per heavy atom. The van der Waals surface area contributed by atoms with Gasteiger partial charge in [-0.25, -0.2) is 0 Å². The van der Waals surface area contributed by atoms with Gasteiger partial charge in [-0.2, -0.15) is 0 Å². The summed E-state index contributed by atoms with van der Waals surface area (Å²) in [5.74, 6) is 0.962. The molecule has 0 radical (unpaired) electrons. The van der Waals surface area contributed by atoms with Crippen LogP contribution in [0.4, 0.5) is 0 Å². The summed E-state index contributed by atoms with van der Waals surface area (Å²) in [6.07, 6.45) is 0. The van der Waals surface area contributed by atoms with Crippen molar-refractivity contribution in [1.82, 2.24) is 0 Å². The number of carbonyl (C=O) groups excluding carboxylic acids is 1. The predicted molar refractivity (Wildman–Crippen MR) is 84.7 cm³/mol. The topological polar surface area (TPSA) is 26.3 Å². The van der Waals surface area contributed by atoms with Crippen LogP contribution in [0, 0.1) is 0 Å². The molecule has 0 aliphatic rings. The van der Waals surface area contributed by atoms with Gasteiger partial charge in [-0.3, -0.25) is 4.79 Å². The molecule has 0 saturated carbocycles. The van der Waals surface area contributed by atoms with Crippen molar-refractivity contribution in [3.05, 3.63) is 50.1 Å². The van der Waals surface area contributed by atoms with Crippen LogP contribution in [0.3, 0.4) is 0 Å². The summed E-state index contributed by atoms with van der Waals surface area (Å²) in [4.78, 5) is 12.0. The lowest BCUT2D eigenvalue weighted by Crippen LogP contribution is -2.11. The van der Waals surface area contributed by atoms with Crippen LogP contribution in [0.25, 0.3) is 0 Å². The van der Waals surface area contributed by atoms with Gasteiger partial charge < -0.3 is 4.74 Å². The highest BCUT2D eigenvalue weighted by Gasteiger charge is 2.14. The molecule has 106 valence electrons. The average Bonchev–Trinajstić information content (AvgIpc) is 2.75. The molecule has 1 aromatic carbocycles. The minimum absolute atomic E-state index is 0.0478. The van der Waals surface area contributed by atoms with Gasteiger partial charge in [-0.15, -0.1) is 11.3 Å². The fraction of sp³-hybridized carbons (Fsp3) is 0.267. The normalized spacial score (nSPS) is 10.8. The standard InChI is InChI=1S/C15H14Cl2O2S/c1-9(2)10-3-5-11(6-4-10)19-8-13(18)12-7-14(16)20-15(12)17/h3-7,9H,8H2,1-2H3. The molecular weight excluding hydrogens is 315 g/mol. The zero-order chi connectivity index (χ0) is 14.7. The monoisotopic (exact) mass is 328 g/mol. The zero-order valence-corrected chi connectivity index (χ0v) is 13.5. The smallest absolute Gasteiger partial charge is 0.202 e. The van der Waals surface area contributed by atoms with Crippen LogP contribution in [-0.4, -0.2) is 12.4 Å². The number of benzene rings is 1. The van der Waals surface area contributed by atoms with Crippen molar-refractivity contribution in [3.63, 3.8) is 0 Å². The molecule has 5 heteroatoms. The largest absolute Gasteiger partial charge is 0.485 e. The summed E-state index contributed by atoms with van der Waals surface area (Å²) in [6.45, 7) is 4.21. The lowest BCUT2D eigenvalue weighted by Gasteiger charge is -2.08. The molecule has 2 rings (SSSR count). The maximum atomic E-state index is 12.0. The summed E-state index contributed by atoms with van der Waals surface area (Å²) < 4.78 is 6.38. The van der Waals surface area contributed by atoms with Crippen molar-refractivity contribution in [2.45, 2.75) is 19.8 Å². The molecule has 0 bridgehead atoms. The molecule has 0 spiro atoms. The number of thiophene rings is 1. The minimum atomic E-state index is -0.175. The van der Waals surface area contributed by atoms with Gasteiger partial charge in [0, 0.05) is 0 Å². The predicted octanol–water partition coefficient (Wildman–Crippen LogP) is 5.44. The molecule has 20 heavy (non-hydrogen) atoms. The van der Waals surface area contributed by atoms with Crippen molar-refractivity contribution in [1.29, 1.82) is 0 Å². The van der Waals surface area contributed by atoms with E-state index in [-0.39, 0.29) is 12.4 Å². The molecule has 2 nitrogen and oxygen atoms in total. The summed E-state index contributed by atoms with van der Waals surface area (Å²) in [7, 11) is 0. The number of ketones is 1. The van der Waals surface area contributed by atoms with Gasteiger partial charge in [0.05, 0.1) is 9.90 Å². The Labute approximate surface area is 132 Å². The van der Waals surface area contributed by atoms with E-state index >= 15 is 0 Å². The Kier molecular flexibility index (Phi) is 5.08. The van der Waals surface area contributed by atoms with Gasteiger partial charge >= 0.3 is 0 Å². The number of hydrogen-bond donors (Lipinski definition) is 0. The molecule has 0 aliphatic carbocycles. The van der Waals surface area contributed by atoms with E-state index in [2.05, 4.69) is 13.8 Å². The van der Waals surface area contributed by atoms with Crippen molar-refractivity contribution in [2.75, 3.05) is 6.61 Å². The zero-order valence-electron chi connectivity index (χ0n) is 11.2. The van der Waals surface area contributed by atoms with Gasteiger partial charge in [0.25, 0.3) is 0 Å². The minimum Gasteiger partial charge on any atom is -0.485 e. The second-order valence-electron chi connectivity index (χ2n) is 4.67. The number of ether oxygens (including phenoxy) is 1. The first-order chi connectivity index (χ1) is 9.47. The van der Waals surface area contributed by atoms with E-state index < -0.39 is 0 Å². The number of carbonyl (C=O) groups is 1. The van der Waals surface area contributed by atoms with E-state index in [1.165, 1.54) is 16.9 Å². The second kappa shape index (κ2) is 6.61. The second-order valence-corrected chi connectivity index (χ2v) is 6.96. The van der Waals surface area contributed by atoms with E-state index in [1.807, 2.05) is 24.3 Å². The number of rotatable bonds is 5. The molecule has 2 aromatic rings. The Morgan fingerprint density at radius 1 is 1.25 bits per heavy atom. The quantitative estimate of drug-likeness (QED) is 0.683. The first-order valence-electron chi connectivity index (χ1n) is 6.18. The van der Waals surface area contributed by atoms with Crippen LogP contribution in [0.5, 0.6) is 5.75 Å². The highest BCUT2D eigenvalue weighted by atomic mass is 35.5.